The number of rotatable bonds is 6. The molecule has 1 saturated carbocycles. The monoisotopic (exact) mass is 346 g/mol. The molecule has 1 amide bonds. The van der Waals surface area contributed by atoms with E-state index in [0.29, 0.717) is 18.3 Å². The third kappa shape index (κ3) is 3.81. The fourth-order valence-electron chi connectivity index (χ4n) is 4.29. The van der Waals surface area contributed by atoms with E-state index in [1.165, 1.54) is 25.0 Å². The summed E-state index contributed by atoms with van der Waals surface area (Å²) in [5.41, 5.74) is -0.150. The van der Waals surface area contributed by atoms with Crippen LogP contribution >= 0.6 is 0 Å². The highest BCUT2D eigenvalue weighted by Gasteiger charge is 2.48. The van der Waals surface area contributed by atoms with Gasteiger partial charge in [-0.2, -0.15) is 0 Å². The third-order valence-corrected chi connectivity index (χ3v) is 5.92. The maximum Gasteiger partial charge on any atom is 0.230 e. The number of piperidine rings is 1. The average molecular weight is 346 g/mol. The first kappa shape index (κ1) is 16.8. The molecule has 2 saturated heterocycles. The van der Waals surface area contributed by atoms with Crippen LogP contribution in [0.15, 0.2) is 24.3 Å². The Labute approximate surface area is 148 Å². The number of carbonyl (C=O) groups is 1. The molecule has 3 fully saturated rings. The van der Waals surface area contributed by atoms with Gasteiger partial charge in [0.05, 0.1) is 5.41 Å². The topological polar surface area (TPSA) is 32.8 Å². The Hall–Kier alpha value is -1.62. The maximum absolute atomic E-state index is 13.0. The van der Waals surface area contributed by atoms with Crippen LogP contribution in [0.3, 0.4) is 0 Å². The molecule has 2 heterocycles. The highest BCUT2D eigenvalue weighted by Crippen LogP contribution is 2.41. The van der Waals surface area contributed by atoms with Crippen molar-refractivity contribution >= 4 is 5.91 Å². The van der Waals surface area contributed by atoms with Crippen molar-refractivity contribution in [1.82, 2.24) is 9.80 Å². The SMILES string of the molecule is O=C1N(CC2CC2)CCCC12CCN(CCOc1ccc(F)cc1)C2. The molecule has 4 rings (SSSR count). The lowest BCUT2D eigenvalue weighted by Gasteiger charge is -2.39. The first-order valence-electron chi connectivity index (χ1n) is 9.55. The van der Waals surface area contributed by atoms with Crippen LogP contribution in [-0.4, -0.2) is 55.0 Å². The van der Waals surface area contributed by atoms with Crippen LogP contribution in [0.25, 0.3) is 0 Å². The number of hydrogen-bond donors (Lipinski definition) is 0. The van der Waals surface area contributed by atoms with Gasteiger partial charge in [0.25, 0.3) is 0 Å². The van der Waals surface area contributed by atoms with Gasteiger partial charge in [0.2, 0.25) is 5.91 Å². The second kappa shape index (κ2) is 6.94. The Balaban J connectivity index is 1.28. The second-order valence-electron chi connectivity index (χ2n) is 7.91. The quantitative estimate of drug-likeness (QED) is 0.794. The first-order chi connectivity index (χ1) is 12.1. The van der Waals surface area contributed by atoms with Crippen LogP contribution in [0.5, 0.6) is 5.75 Å². The molecule has 1 aromatic carbocycles. The fourth-order valence-corrected chi connectivity index (χ4v) is 4.29. The zero-order valence-corrected chi connectivity index (χ0v) is 14.8. The zero-order chi connectivity index (χ0) is 17.3. The average Bonchev–Trinajstić information content (AvgIpc) is 3.34. The molecular formula is C20H27FN2O2. The van der Waals surface area contributed by atoms with E-state index in [1.54, 1.807) is 12.1 Å². The summed E-state index contributed by atoms with van der Waals surface area (Å²) in [5.74, 6) is 1.60. The smallest absolute Gasteiger partial charge is 0.230 e. The van der Waals surface area contributed by atoms with Gasteiger partial charge in [0, 0.05) is 26.2 Å². The summed E-state index contributed by atoms with van der Waals surface area (Å²) in [6.07, 6.45) is 5.73. The highest BCUT2D eigenvalue weighted by atomic mass is 19.1. The predicted octanol–water partition coefficient (Wildman–Crippen LogP) is 2.93. The number of benzene rings is 1. The molecule has 1 aliphatic carbocycles. The summed E-state index contributed by atoms with van der Waals surface area (Å²) in [7, 11) is 0. The maximum atomic E-state index is 13.0. The Morgan fingerprint density at radius 3 is 2.72 bits per heavy atom. The standard InChI is InChI=1S/C20H27FN2O2/c21-17-4-6-18(7-5-17)25-13-12-22-11-9-20(15-22)8-1-10-23(19(20)24)14-16-2-3-16/h4-7,16H,1-3,8-15H2. The molecule has 136 valence electrons. The molecule has 5 heteroatoms. The number of halogens is 1. The van der Waals surface area contributed by atoms with E-state index < -0.39 is 0 Å². The number of nitrogens with zero attached hydrogens (tertiary/aromatic N) is 2. The van der Waals surface area contributed by atoms with Crippen LogP contribution in [0.4, 0.5) is 4.39 Å². The lowest BCUT2D eigenvalue weighted by atomic mass is 9.78. The van der Waals surface area contributed by atoms with E-state index in [1.807, 2.05) is 0 Å². The van der Waals surface area contributed by atoms with E-state index >= 15 is 0 Å². The summed E-state index contributed by atoms with van der Waals surface area (Å²) in [6, 6.07) is 6.13. The normalized spacial score (nSPS) is 27.2. The van der Waals surface area contributed by atoms with Gasteiger partial charge in [-0.25, -0.2) is 4.39 Å². The number of hydrogen-bond acceptors (Lipinski definition) is 3. The summed E-state index contributed by atoms with van der Waals surface area (Å²) < 4.78 is 18.6. The minimum atomic E-state index is -0.250. The first-order valence-corrected chi connectivity index (χ1v) is 9.55. The lowest BCUT2D eigenvalue weighted by molar-refractivity contribution is -0.145. The predicted molar refractivity (Wildman–Crippen MR) is 93.9 cm³/mol. The molecule has 2 aliphatic heterocycles. The molecule has 0 aromatic heterocycles. The van der Waals surface area contributed by atoms with Crippen molar-refractivity contribution in [3.05, 3.63) is 30.1 Å². The van der Waals surface area contributed by atoms with Gasteiger partial charge in [-0.15, -0.1) is 0 Å². The van der Waals surface area contributed by atoms with Crippen molar-refractivity contribution in [3.63, 3.8) is 0 Å². The molecule has 4 nitrogen and oxygen atoms in total. The van der Waals surface area contributed by atoms with Crippen molar-refractivity contribution in [2.45, 2.75) is 32.1 Å². The van der Waals surface area contributed by atoms with E-state index in [4.69, 9.17) is 4.74 Å². The van der Waals surface area contributed by atoms with Gasteiger partial charge in [0.1, 0.15) is 18.2 Å². The van der Waals surface area contributed by atoms with Crippen LogP contribution in [0, 0.1) is 17.2 Å². The lowest BCUT2D eigenvalue weighted by Crippen LogP contribution is -2.50. The molecule has 3 aliphatic rings. The van der Waals surface area contributed by atoms with Crippen molar-refractivity contribution < 1.29 is 13.9 Å². The van der Waals surface area contributed by atoms with Crippen LogP contribution < -0.4 is 4.74 Å². The summed E-state index contributed by atoms with van der Waals surface area (Å²) in [6.45, 7) is 5.14. The third-order valence-electron chi connectivity index (χ3n) is 5.92. The number of likely N-dealkylation sites (tertiary alicyclic amines) is 2. The highest BCUT2D eigenvalue weighted by molar-refractivity contribution is 5.84. The minimum Gasteiger partial charge on any atom is -0.492 e. The molecule has 1 spiro atoms. The van der Waals surface area contributed by atoms with E-state index in [2.05, 4.69) is 9.80 Å². The Kier molecular flexibility index (Phi) is 4.67. The van der Waals surface area contributed by atoms with Gasteiger partial charge < -0.3 is 9.64 Å². The summed E-state index contributed by atoms with van der Waals surface area (Å²) in [4.78, 5) is 17.5. The van der Waals surface area contributed by atoms with Gasteiger partial charge in [0.15, 0.2) is 0 Å². The van der Waals surface area contributed by atoms with Gasteiger partial charge >= 0.3 is 0 Å². The van der Waals surface area contributed by atoms with Gasteiger partial charge in [-0.1, -0.05) is 0 Å². The fraction of sp³-hybridized carbons (Fsp3) is 0.650. The van der Waals surface area contributed by atoms with Crippen LogP contribution in [0.2, 0.25) is 0 Å². The minimum absolute atomic E-state index is 0.150. The molecule has 1 aromatic rings. The van der Waals surface area contributed by atoms with E-state index in [9.17, 15) is 9.18 Å². The molecule has 25 heavy (non-hydrogen) atoms. The number of carbonyl (C=O) groups excluding carboxylic acids is 1. The Morgan fingerprint density at radius 2 is 1.96 bits per heavy atom. The molecule has 0 bridgehead atoms. The van der Waals surface area contributed by atoms with Crippen molar-refractivity contribution in [3.8, 4) is 5.75 Å². The van der Waals surface area contributed by atoms with Crippen molar-refractivity contribution in [1.29, 1.82) is 0 Å². The molecule has 1 atom stereocenters. The molecule has 0 N–H and O–H groups in total. The van der Waals surface area contributed by atoms with Gasteiger partial charge in [-0.05, 0) is 68.8 Å². The summed E-state index contributed by atoms with van der Waals surface area (Å²) >= 11 is 0. The van der Waals surface area contributed by atoms with Crippen LogP contribution in [0.1, 0.15) is 32.1 Å². The largest absolute Gasteiger partial charge is 0.492 e. The summed E-state index contributed by atoms with van der Waals surface area (Å²) in [5, 5.41) is 0. The zero-order valence-electron chi connectivity index (χ0n) is 14.8. The molecular weight excluding hydrogens is 319 g/mol. The van der Waals surface area contributed by atoms with Crippen molar-refractivity contribution in [2.75, 3.05) is 39.3 Å². The van der Waals surface area contributed by atoms with E-state index in [0.717, 1.165) is 57.9 Å². The van der Waals surface area contributed by atoms with Crippen LogP contribution in [-0.2, 0) is 4.79 Å². The van der Waals surface area contributed by atoms with Crippen molar-refractivity contribution in [2.24, 2.45) is 11.3 Å². The Morgan fingerprint density at radius 1 is 1.16 bits per heavy atom. The molecule has 0 radical (unpaired) electrons. The van der Waals surface area contributed by atoms with Gasteiger partial charge in [-0.3, -0.25) is 9.69 Å². The number of ether oxygens (including phenoxy) is 1. The molecule has 1 unspecified atom stereocenters. The Bertz CT molecular complexity index is 617. The van der Waals surface area contributed by atoms with E-state index in [-0.39, 0.29) is 11.2 Å². The number of amides is 1. The second-order valence-corrected chi connectivity index (χ2v) is 7.91.